The molecule has 0 N–H and O–H groups in total. The summed E-state index contributed by atoms with van der Waals surface area (Å²) in [7, 11) is 0. The minimum atomic E-state index is -0.469. The molecule has 25 heavy (non-hydrogen) atoms. The molecule has 5 heteroatoms. The van der Waals surface area contributed by atoms with Crippen LogP contribution < -0.4 is 0 Å². The van der Waals surface area contributed by atoms with Crippen LogP contribution in [-0.4, -0.2) is 39.5 Å². The van der Waals surface area contributed by atoms with E-state index in [1.165, 1.54) is 0 Å². The Labute approximate surface area is 148 Å². The zero-order valence-corrected chi connectivity index (χ0v) is 15.1. The number of likely N-dealkylation sites (tertiary alicyclic amines) is 1. The van der Waals surface area contributed by atoms with E-state index in [1.807, 2.05) is 55.3 Å². The molecule has 0 radical (unpaired) electrons. The third kappa shape index (κ3) is 3.23. The number of carbonyl (C=O) groups is 2. The Kier molecular flexibility index (Phi) is 4.75. The number of aromatic nitrogens is 2. The molecular formula is C20H25N3O2. The maximum atomic E-state index is 12.8. The second-order valence-electron chi connectivity index (χ2n) is 7.00. The van der Waals surface area contributed by atoms with Gasteiger partial charge in [0.1, 0.15) is 11.8 Å². The summed E-state index contributed by atoms with van der Waals surface area (Å²) in [6.07, 6.45) is 4.98. The lowest BCUT2D eigenvalue weighted by Crippen LogP contribution is -2.49. The lowest BCUT2D eigenvalue weighted by atomic mass is 9.70. The maximum absolute atomic E-state index is 12.8. The Morgan fingerprint density at radius 3 is 2.32 bits per heavy atom. The van der Waals surface area contributed by atoms with Crippen molar-refractivity contribution in [2.75, 3.05) is 13.1 Å². The molecule has 0 aliphatic carbocycles. The largest absolute Gasteiger partial charge is 0.341 e. The summed E-state index contributed by atoms with van der Waals surface area (Å²) in [6, 6.07) is 9.63. The molecule has 1 atom stereocenters. The molecule has 132 valence electrons. The lowest BCUT2D eigenvalue weighted by molar-refractivity contribution is -0.138. The number of benzene rings is 1. The van der Waals surface area contributed by atoms with Crippen molar-refractivity contribution in [2.24, 2.45) is 0 Å². The van der Waals surface area contributed by atoms with Gasteiger partial charge in [0.05, 0.1) is 11.6 Å². The average molecular weight is 339 g/mol. The number of carbonyl (C=O) groups excluding carboxylic acids is 2. The van der Waals surface area contributed by atoms with Gasteiger partial charge in [0.2, 0.25) is 5.91 Å². The van der Waals surface area contributed by atoms with Crippen molar-refractivity contribution >= 4 is 11.7 Å². The van der Waals surface area contributed by atoms with Crippen LogP contribution in [-0.2, 0) is 15.0 Å². The van der Waals surface area contributed by atoms with Gasteiger partial charge in [-0.05, 0) is 44.7 Å². The van der Waals surface area contributed by atoms with Crippen LogP contribution >= 0.6 is 0 Å². The fraction of sp³-hybridized carbons (Fsp3) is 0.450. The molecule has 1 aliphatic rings. The van der Waals surface area contributed by atoms with E-state index in [2.05, 4.69) is 5.10 Å². The predicted molar refractivity (Wildman–Crippen MR) is 96.3 cm³/mol. The zero-order valence-electron chi connectivity index (χ0n) is 15.1. The van der Waals surface area contributed by atoms with E-state index in [0.717, 1.165) is 11.1 Å². The van der Waals surface area contributed by atoms with Crippen LogP contribution in [0.15, 0.2) is 42.7 Å². The number of nitrogens with zero attached hydrogens (tertiary/aromatic N) is 3. The quantitative estimate of drug-likeness (QED) is 0.861. The highest BCUT2D eigenvalue weighted by Gasteiger charge is 2.41. The van der Waals surface area contributed by atoms with Crippen molar-refractivity contribution in [3.05, 3.63) is 53.9 Å². The molecule has 1 fully saturated rings. The molecule has 1 saturated heterocycles. The summed E-state index contributed by atoms with van der Waals surface area (Å²) < 4.78 is 1.71. The Bertz CT molecular complexity index is 758. The number of hydrogen-bond donors (Lipinski definition) is 0. The van der Waals surface area contributed by atoms with Crippen molar-refractivity contribution in [1.29, 1.82) is 0 Å². The number of piperidine rings is 1. The van der Waals surface area contributed by atoms with Gasteiger partial charge in [-0.3, -0.25) is 14.3 Å². The number of ketones is 1. The Morgan fingerprint density at radius 1 is 1.16 bits per heavy atom. The van der Waals surface area contributed by atoms with Crippen LogP contribution in [0.4, 0.5) is 0 Å². The molecule has 1 aromatic carbocycles. The SMILES string of the molecule is CC(=O)C1(c2ccccc2)CCN(C(=O)[C@@H](C)n2cc(C)cn2)CC1. The highest BCUT2D eigenvalue weighted by atomic mass is 16.2. The second kappa shape index (κ2) is 6.82. The molecule has 1 aromatic heterocycles. The fourth-order valence-electron chi connectivity index (χ4n) is 3.73. The predicted octanol–water partition coefficient (Wildman–Crippen LogP) is 2.90. The van der Waals surface area contributed by atoms with Crippen LogP contribution in [0.2, 0.25) is 0 Å². The van der Waals surface area contributed by atoms with Crippen LogP contribution in [0.25, 0.3) is 0 Å². The second-order valence-corrected chi connectivity index (χ2v) is 7.00. The molecule has 0 unspecified atom stereocenters. The first kappa shape index (κ1) is 17.4. The van der Waals surface area contributed by atoms with E-state index in [0.29, 0.717) is 25.9 Å². The van der Waals surface area contributed by atoms with Crippen LogP contribution in [0.5, 0.6) is 0 Å². The molecule has 5 nitrogen and oxygen atoms in total. The highest BCUT2D eigenvalue weighted by molar-refractivity contribution is 5.89. The van der Waals surface area contributed by atoms with Gasteiger partial charge in [-0.25, -0.2) is 0 Å². The van der Waals surface area contributed by atoms with Crippen molar-refractivity contribution < 1.29 is 9.59 Å². The minimum absolute atomic E-state index is 0.0633. The first-order valence-corrected chi connectivity index (χ1v) is 8.80. The lowest BCUT2D eigenvalue weighted by Gasteiger charge is -2.41. The number of rotatable bonds is 4. The first-order valence-electron chi connectivity index (χ1n) is 8.80. The molecule has 1 amide bonds. The summed E-state index contributed by atoms with van der Waals surface area (Å²) in [4.78, 5) is 27.1. The molecular weight excluding hydrogens is 314 g/mol. The van der Waals surface area contributed by atoms with Gasteiger partial charge in [-0.2, -0.15) is 5.10 Å². The normalized spacial score (nSPS) is 18.0. The van der Waals surface area contributed by atoms with E-state index < -0.39 is 5.41 Å². The summed E-state index contributed by atoms with van der Waals surface area (Å²) in [6.45, 7) is 6.69. The molecule has 0 spiro atoms. The summed E-state index contributed by atoms with van der Waals surface area (Å²) in [5, 5.41) is 4.25. The molecule has 1 aliphatic heterocycles. The van der Waals surface area contributed by atoms with Gasteiger partial charge in [-0.15, -0.1) is 0 Å². The molecule has 2 heterocycles. The third-order valence-corrected chi connectivity index (χ3v) is 5.41. The average Bonchev–Trinajstić information content (AvgIpc) is 3.07. The van der Waals surface area contributed by atoms with Gasteiger partial charge >= 0.3 is 0 Å². The van der Waals surface area contributed by atoms with E-state index in [1.54, 1.807) is 17.8 Å². The van der Waals surface area contributed by atoms with E-state index in [4.69, 9.17) is 0 Å². The van der Waals surface area contributed by atoms with Crippen molar-refractivity contribution in [1.82, 2.24) is 14.7 Å². The van der Waals surface area contributed by atoms with Crippen molar-refractivity contribution in [3.8, 4) is 0 Å². The van der Waals surface area contributed by atoms with E-state index in [9.17, 15) is 9.59 Å². The van der Waals surface area contributed by atoms with E-state index in [-0.39, 0.29) is 17.7 Å². The first-order chi connectivity index (χ1) is 11.9. The van der Waals surface area contributed by atoms with Gasteiger partial charge in [0.15, 0.2) is 0 Å². The topological polar surface area (TPSA) is 55.2 Å². The molecule has 2 aromatic rings. The summed E-state index contributed by atoms with van der Waals surface area (Å²) >= 11 is 0. The van der Waals surface area contributed by atoms with Crippen LogP contribution in [0, 0.1) is 6.92 Å². The highest BCUT2D eigenvalue weighted by Crippen LogP contribution is 2.37. The molecule has 0 bridgehead atoms. The van der Waals surface area contributed by atoms with Gasteiger partial charge in [0, 0.05) is 19.3 Å². The maximum Gasteiger partial charge on any atom is 0.247 e. The Hall–Kier alpha value is -2.43. The van der Waals surface area contributed by atoms with Crippen LogP contribution in [0.1, 0.15) is 43.9 Å². The number of aryl methyl sites for hydroxylation is 1. The van der Waals surface area contributed by atoms with Gasteiger partial charge in [-0.1, -0.05) is 30.3 Å². The summed E-state index contributed by atoms with van der Waals surface area (Å²) in [5.74, 6) is 0.245. The monoisotopic (exact) mass is 339 g/mol. The smallest absolute Gasteiger partial charge is 0.247 e. The zero-order chi connectivity index (χ0) is 18.0. The Morgan fingerprint density at radius 2 is 1.80 bits per heavy atom. The third-order valence-electron chi connectivity index (χ3n) is 5.41. The molecule has 3 rings (SSSR count). The van der Waals surface area contributed by atoms with E-state index >= 15 is 0 Å². The fourth-order valence-corrected chi connectivity index (χ4v) is 3.73. The number of amides is 1. The number of hydrogen-bond acceptors (Lipinski definition) is 3. The number of Topliss-reactive ketones (excluding diaryl/α,β-unsaturated/α-hetero) is 1. The van der Waals surface area contributed by atoms with Crippen molar-refractivity contribution in [2.45, 2.75) is 45.1 Å². The van der Waals surface area contributed by atoms with Crippen molar-refractivity contribution in [3.63, 3.8) is 0 Å². The van der Waals surface area contributed by atoms with Gasteiger partial charge < -0.3 is 4.90 Å². The standard InChI is InChI=1S/C20H25N3O2/c1-15-13-21-23(14-15)16(2)19(25)22-11-9-20(10-12-22,17(3)24)18-7-5-4-6-8-18/h4-8,13-14,16H,9-12H2,1-3H3/t16-/m1/s1. The van der Waals surface area contributed by atoms with Crippen LogP contribution in [0.3, 0.4) is 0 Å². The molecule has 0 saturated carbocycles. The summed E-state index contributed by atoms with van der Waals surface area (Å²) in [5.41, 5.74) is 1.63. The minimum Gasteiger partial charge on any atom is -0.341 e. The Balaban J connectivity index is 1.74. The van der Waals surface area contributed by atoms with Gasteiger partial charge in [0.25, 0.3) is 0 Å².